The fraction of sp³-hybridized carbons (Fsp3) is 0.579. The molecule has 3 fully saturated rings. The second-order valence-corrected chi connectivity index (χ2v) is 8.08. The summed E-state index contributed by atoms with van der Waals surface area (Å²) >= 11 is 0. The molecule has 3 aliphatic rings. The van der Waals surface area contributed by atoms with Gasteiger partial charge in [0.15, 0.2) is 0 Å². The summed E-state index contributed by atoms with van der Waals surface area (Å²) in [4.78, 5) is 25.5. The maximum atomic E-state index is 13.4. The number of aromatic nitrogens is 4. The van der Waals surface area contributed by atoms with Gasteiger partial charge in [-0.3, -0.25) is 9.48 Å². The van der Waals surface area contributed by atoms with Crippen molar-refractivity contribution in [3.8, 4) is 0 Å². The molecule has 2 aliphatic heterocycles. The first-order chi connectivity index (χ1) is 13.4. The first kappa shape index (κ1) is 17.5. The van der Waals surface area contributed by atoms with Crippen LogP contribution in [0.1, 0.15) is 30.7 Å². The molecule has 2 aromatic heterocycles. The lowest BCUT2D eigenvalue weighted by Gasteiger charge is -2.41. The standard InChI is InChI=1S/C19H22F2N6O/c1-25-9-12(8-23-25)6-16-22-5-4-17(24-16)26-10-13-2-3-14(11-26)27(13)18(28)15-7-19(15,20)21/h4-5,8-9,13-15H,2-3,6-7,10-11H2,1H3/t13-,14-,15-/m0/s1. The lowest BCUT2D eigenvalue weighted by Crippen LogP contribution is -2.56. The van der Waals surface area contributed by atoms with E-state index in [1.165, 1.54) is 0 Å². The largest absolute Gasteiger partial charge is 0.352 e. The van der Waals surface area contributed by atoms with Crippen molar-refractivity contribution >= 4 is 11.7 Å². The number of hydrogen-bond donors (Lipinski definition) is 0. The zero-order valence-electron chi connectivity index (χ0n) is 15.6. The fourth-order valence-electron chi connectivity index (χ4n) is 4.51. The number of nitrogens with zero attached hydrogens (tertiary/aromatic N) is 6. The molecule has 2 aromatic rings. The zero-order valence-corrected chi connectivity index (χ0v) is 15.6. The summed E-state index contributed by atoms with van der Waals surface area (Å²) in [5.41, 5.74) is 1.04. The van der Waals surface area contributed by atoms with E-state index >= 15 is 0 Å². The highest BCUT2D eigenvalue weighted by Crippen LogP contribution is 2.51. The second kappa shape index (κ2) is 6.22. The van der Waals surface area contributed by atoms with Crippen LogP contribution in [0.4, 0.5) is 14.6 Å². The van der Waals surface area contributed by atoms with Gasteiger partial charge in [-0.05, 0) is 24.5 Å². The Kier molecular flexibility index (Phi) is 3.89. The molecule has 7 nitrogen and oxygen atoms in total. The van der Waals surface area contributed by atoms with Crippen molar-refractivity contribution < 1.29 is 13.6 Å². The molecule has 1 aliphatic carbocycles. The molecule has 5 rings (SSSR count). The highest BCUT2D eigenvalue weighted by Gasteiger charge is 2.64. The van der Waals surface area contributed by atoms with Gasteiger partial charge in [-0.2, -0.15) is 5.10 Å². The quantitative estimate of drug-likeness (QED) is 0.797. The summed E-state index contributed by atoms with van der Waals surface area (Å²) in [6.07, 6.45) is 7.51. The van der Waals surface area contributed by atoms with Crippen molar-refractivity contribution in [2.75, 3.05) is 18.0 Å². The van der Waals surface area contributed by atoms with Crippen LogP contribution < -0.4 is 4.90 Å². The Hall–Kier alpha value is -2.58. The van der Waals surface area contributed by atoms with Crippen LogP contribution in [-0.2, 0) is 18.3 Å². The third-order valence-electron chi connectivity index (χ3n) is 6.00. The van der Waals surface area contributed by atoms with Gasteiger partial charge >= 0.3 is 0 Å². The number of hydrogen-bond acceptors (Lipinski definition) is 5. The predicted octanol–water partition coefficient (Wildman–Crippen LogP) is 1.64. The molecule has 0 N–H and O–H groups in total. The molecule has 1 amide bonds. The Morgan fingerprint density at radius 1 is 1.29 bits per heavy atom. The van der Waals surface area contributed by atoms with Crippen molar-refractivity contribution in [2.45, 2.75) is 43.7 Å². The van der Waals surface area contributed by atoms with Crippen molar-refractivity contribution in [1.82, 2.24) is 24.6 Å². The van der Waals surface area contributed by atoms with Gasteiger partial charge < -0.3 is 9.80 Å². The van der Waals surface area contributed by atoms with Gasteiger partial charge in [0, 0.05) is 57.5 Å². The Morgan fingerprint density at radius 3 is 2.61 bits per heavy atom. The van der Waals surface area contributed by atoms with Crippen molar-refractivity contribution in [1.29, 1.82) is 0 Å². The average molecular weight is 388 g/mol. The van der Waals surface area contributed by atoms with E-state index in [2.05, 4.69) is 15.0 Å². The number of carbonyl (C=O) groups excluding carboxylic acids is 1. The Labute approximate surface area is 161 Å². The summed E-state index contributed by atoms with van der Waals surface area (Å²) < 4.78 is 28.5. The van der Waals surface area contributed by atoms with E-state index in [0.717, 1.165) is 24.2 Å². The highest BCUT2D eigenvalue weighted by molar-refractivity contribution is 5.84. The summed E-state index contributed by atoms with van der Waals surface area (Å²) in [6.45, 7) is 1.26. The summed E-state index contributed by atoms with van der Waals surface area (Å²) in [5.74, 6) is -2.73. The Bertz CT molecular complexity index is 901. The number of aryl methyl sites for hydroxylation is 1. The molecule has 0 spiro atoms. The van der Waals surface area contributed by atoms with Crippen LogP contribution in [0.25, 0.3) is 0 Å². The van der Waals surface area contributed by atoms with E-state index in [4.69, 9.17) is 4.98 Å². The van der Waals surface area contributed by atoms with Gasteiger partial charge in [0.05, 0.1) is 6.20 Å². The van der Waals surface area contributed by atoms with Crippen molar-refractivity contribution in [3.63, 3.8) is 0 Å². The molecular formula is C19H22F2N6O. The number of alkyl halides is 2. The van der Waals surface area contributed by atoms with E-state index in [0.29, 0.717) is 25.3 Å². The topological polar surface area (TPSA) is 67.2 Å². The summed E-state index contributed by atoms with van der Waals surface area (Å²) in [7, 11) is 1.87. The van der Waals surface area contributed by atoms with E-state index in [1.807, 2.05) is 19.3 Å². The van der Waals surface area contributed by atoms with Crippen molar-refractivity contribution in [3.05, 3.63) is 36.0 Å². The molecule has 0 unspecified atom stereocenters. The lowest BCUT2D eigenvalue weighted by molar-refractivity contribution is -0.138. The molecule has 1 saturated carbocycles. The van der Waals surface area contributed by atoms with Gasteiger partial charge in [-0.15, -0.1) is 0 Å². The van der Waals surface area contributed by atoms with Crippen LogP contribution >= 0.6 is 0 Å². The summed E-state index contributed by atoms with van der Waals surface area (Å²) in [6, 6.07) is 1.84. The molecule has 2 bridgehead atoms. The van der Waals surface area contributed by atoms with E-state index < -0.39 is 11.8 Å². The first-order valence-electron chi connectivity index (χ1n) is 9.65. The fourth-order valence-corrected chi connectivity index (χ4v) is 4.51. The maximum Gasteiger partial charge on any atom is 0.260 e. The van der Waals surface area contributed by atoms with Gasteiger partial charge in [-0.1, -0.05) is 0 Å². The number of anilines is 1. The molecule has 2 saturated heterocycles. The van der Waals surface area contributed by atoms with Gasteiger partial charge in [-0.25, -0.2) is 18.7 Å². The lowest BCUT2D eigenvalue weighted by atomic mass is 10.1. The van der Waals surface area contributed by atoms with Crippen LogP contribution in [-0.4, -0.2) is 61.7 Å². The van der Waals surface area contributed by atoms with Crippen molar-refractivity contribution in [2.24, 2.45) is 13.0 Å². The highest BCUT2D eigenvalue weighted by atomic mass is 19.3. The van der Waals surface area contributed by atoms with E-state index in [9.17, 15) is 13.6 Å². The molecule has 0 radical (unpaired) electrons. The van der Waals surface area contributed by atoms with Gasteiger partial charge in [0.2, 0.25) is 5.91 Å². The molecule has 9 heteroatoms. The minimum atomic E-state index is -2.80. The smallest absolute Gasteiger partial charge is 0.260 e. The third-order valence-corrected chi connectivity index (χ3v) is 6.00. The van der Waals surface area contributed by atoms with E-state index in [1.54, 1.807) is 22.0 Å². The Balaban J connectivity index is 1.30. The number of fused-ring (bicyclic) bond motifs is 2. The van der Waals surface area contributed by atoms with Crippen LogP contribution in [0.15, 0.2) is 24.7 Å². The second-order valence-electron chi connectivity index (χ2n) is 8.08. The monoisotopic (exact) mass is 388 g/mol. The number of carbonyl (C=O) groups is 1. The van der Waals surface area contributed by atoms with Crippen LogP contribution in [0.5, 0.6) is 0 Å². The molecule has 148 valence electrons. The number of piperazine rings is 1. The summed E-state index contributed by atoms with van der Waals surface area (Å²) in [5, 5.41) is 4.17. The molecule has 4 heterocycles. The van der Waals surface area contributed by atoms with Gasteiger partial charge in [0.1, 0.15) is 17.6 Å². The first-order valence-corrected chi connectivity index (χ1v) is 9.65. The van der Waals surface area contributed by atoms with E-state index in [-0.39, 0.29) is 24.4 Å². The zero-order chi connectivity index (χ0) is 19.5. The number of amides is 1. The minimum absolute atomic E-state index is 0.0145. The number of rotatable bonds is 4. The van der Waals surface area contributed by atoms with Crippen LogP contribution in [0, 0.1) is 5.92 Å². The maximum absolute atomic E-state index is 13.4. The molecule has 0 aromatic carbocycles. The minimum Gasteiger partial charge on any atom is -0.352 e. The SMILES string of the molecule is Cn1cc(Cc2nccc(N3C[C@@H]4CC[C@@H](C3)N4C(=O)[C@@H]3CC3(F)F)n2)cn1. The van der Waals surface area contributed by atoms with Gasteiger partial charge in [0.25, 0.3) is 5.92 Å². The molecule has 3 atom stereocenters. The van der Waals surface area contributed by atoms with Crippen LogP contribution in [0.3, 0.4) is 0 Å². The number of halogens is 2. The average Bonchev–Trinajstić information content (AvgIpc) is 2.96. The molecular weight excluding hydrogens is 366 g/mol. The Morgan fingerprint density at radius 2 is 2.00 bits per heavy atom. The molecule has 28 heavy (non-hydrogen) atoms. The predicted molar refractivity (Wildman–Crippen MR) is 97.0 cm³/mol. The normalized spacial score (nSPS) is 27.9. The van der Waals surface area contributed by atoms with Crippen LogP contribution in [0.2, 0.25) is 0 Å². The third kappa shape index (κ3) is 3.02.